The summed E-state index contributed by atoms with van der Waals surface area (Å²) < 4.78 is 0. The minimum atomic E-state index is -0.132. The first-order valence-corrected chi connectivity index (χ1v) is 9.52. The predicted octanol–water partition coefficient (Wildman–Crippen LogP) is 3.03. The molecule has 1 saturated heterocycles. The van der Waals surface area contributed by atoms with E-state index in [1.54, 1.807) is 24.3 Å². The summed E-state index contributed by atoms with van der Waals surface area (Å²) in [5, 5.41) is 2.90. The van der Waals surface area contributed by atoms with Crippen molar-refractivity contribution in [2.24, 2.45) is 5.92 Å². The third-order valence-corrected chi connectivity index (χ3v) is 4.73. The summed E-state index contributed by atoms with van der Waals surface area (Å²) in [6.07, 6.45) is 0. The summed E-state index contributed by atoms with van der Waals surface area (Å²) in [6, 6.07) is 17.3. The Kier molecular flexibility index (Phi) is 6.12. The third kappa shape index (κ3) is 4.88. The molecule has 0 spiro atoms. The molecule has 1 N–H and O–H groups in total. The Morgan fingerprint density at radius 2 is 1.59 bits per heavy atom. The van der Waals surface area contributed by atoms with Crippen LogP contribution in [0.25, 0.3) is 0 Å². The minimum Gasteiger partial charge on any atom is -0.368 e. The van der Waals surface area contributed by atoms with Crippen LogP contribution in [-0.2, 0) is 0 Å². The second-order valence-electron chi connectivity index (χ2n) is 7.30. The van der Waals surface area contributed by atoms with Gasteiger partial charge in [-0.1, -0.05) is 38.1 Å². The second kappa shape index (κ2) is 8.71. The molecule has 2 aromatic rings. The number of hydrogen-bond donors (Lipinski definition) is 1. The highest BCUT2D eigenvalue weighted by molar-refractivity contribution is 5.99. The van der Waals surface area contributed by atoms with E-state index in [1.165, 1.54) is 5.69 Å². The molecule has 0 unspecified atom stereocenters. The first-order valence-electron chi connectivity index (χ1n) is 9.52. The van der Waals surface area contributed by atoms with Crippen molar-refractivity contribution in [2.75, 3.05) is 37.6 Å². The van der Waals surface area contributed by atoms with E-state index in [0.717, 1.165) is 13.1 Å². The molecule has 1 aliphatic rings. The van der Waals surface area contributed by atoms with E-state index in [-0.39, 0.29) is 11.8 Å². The van der Waals surface area contributed by atoms with Gasteiger partial charge in [0.25, 0.3) is 11.8 Å². The van der Waals surface area contributed by atoms with Gasteiger partial charge in [0.1, 0.15) is 0 Å². The van der Waals surface area contributed by atoms with E-state index >= 15 is 0 Å². The van der Waals surface area contributed by atoms with E-state index in [1.807, 2.05) is 23.1 Å². The van der Waals surface area contributed by atoms with Crippen molar-refractivity contribution in [3.05, 3.63) is 65.7 Å². The summed E-state index contributed by atoms with van der Waals surface area (Å²) in [4.78, 5) is 29.3. The summed E-state index contributed by atoms with van der Waals surface area (Å²) in [5.41, 5.74) is 2.29. The number of piperazine rings is 1. The van der Waals surface area contributed by atoms with Gasteiger partial charge in [-0.05, 0) is 36.2 Å². The molecular formula is C22H27N3O2. The maximum atomic E-state index is 12.9. The maximum Gasteiger partial charge on any atom is 0.253 e. The van der Waals surface area contributed by atoms with Crippen LogP contribution in [0.5, 0.6) is 0 Å². The Labute approximate surface area is 161 Å². The van der Waals surface area contributed by atoms with Crippen LogP contribution in [0.3, 0.4) is 0 Å². The molecule has 0 aromatic heterocycles. The molecule has 5 nitrogen and oxygen atoms in total. The SMILES string of the molecule is CC(C)CNC(=O)c1cccc(C(=O)N2CCN(c3ccccc3)CC2)c1. The van der Waals surface area contributed by atoms with Crippen LogP contribution in [-0.4, -0.2) is 49.4 Å². The zero-order valence-corrected chi connectivity index (χ0v) is 16.0. The van der Waals surface area contributed by atoms with Gasteiger partial charge in [0, 0.05) is 49.5 Å². The Morgan fingerprint density at radius 3 is 2.26 bits per heavy atom. The molecule has 2 amide bonds. The lowest BCUT2D eigenvalue weighted by molar-refractivity contribution is 0.0747. The van der Waals surface area contributed by atoms with Gasteiger partial charge in [0.15, 0.2) is 0 Å². The number of hydrogen-bond acceptors (Lipinski definition) is 3. The lowest BCUT2D eigenvalue weighted by Crippen LogP contribution is -2.48. The average molecular weight is 365 g/mol. The summed E-state index contributed by atoms with van der Waals surface area (Å²) >= 11 is 0. The van der Waals surface area contributed by atoms with Gasteiger partial charge in [0.2, 0.25) is 0 Å². The van der Waals surface area contributed by atoms with Crippen molar-refractivity contribution >= 4 is 17.5 Å². The van der Waals surface area contributed by atoms with E-state index in [2.05, 4.69) is 36.2 Å². The van der Waals surface area contributed by atoms with Crippen LogP contribution in [0.2, 0.25) is 0 Å². The van der Waals surface area contributed by atoms with E-state index in [4.69, 9.17) is 0 Å². The molecule has 0 radical (unpaired) electrons. The molecule has 3 rings (SSSR count). The summed E-state index contributed by atoms with van der Waals surface area (Å²) in [5.74, 6) is 0.244. The lowest BCUT2D eigenvalue weighted by atomic mass is 10.1. The molecule has 27 heavy (non-hydrogen) atoms. The number of nitrogens with zero attached hydrogens (tertiary/aromatic N) is 2. The number of para-hydroxylation sites is 1. The van der Waals surface area contributed by atoms with Crippen LogP contribution in [0.4, 0.5) is 5.69 Å². The molecule has 1 heterocycles. The van der Waals surface area contributed by atoms with Gasteiger partial charge in [-0.15, -0.1) is 0 Å². The smallest absolute Gasteiger partial charge is 0.253 e. The highest BCUT2D eigenvalue weighted by Gasteiger charge is 2.22. The molecule has 2 aromatic carbocycles. The van der Waals surface area contributed by atoms with Crippen LogP contribution in [0, 0.1) is 5.92 Å². The van der Waals surface area contributed by atoms with Crippen molar-refractivity contribution < 1.29 is 9.59 Å². The fourth-order valence-corrected chi connectivity index (χ4v) is 3.18. The molecular weight excluding hydrogens is 338 g/mol. The van der Waals surface area contributed by atoms with Gasteiger partial charge in [-0.2, -0.15) is 0 Å². The first-order chi connectivity index (χ1) is 13.0. The number of anilines is 1. The minimum absolute atomic E-state index is 0.0128. The van der Waals surface area contributed by atoms with Crippen molar-refractivity contribution in [3.8, 4) is 0 Å². The number of amides is 2. The molecule has 142 valence electrons. The van der Waals surface area contributed by atoms with E-state index in [0.29, 0.717) is 36.7 Å². The third-order valence-electron chi connectivity index (χ3n) is 4.73. The number of rotatable bonds is 5. The molecule has 1 aliphatic heterocycles. The number of carbonyl (C=O) groups is 2. The van der Waals surface area contributed by atoms with Crippen LogP contribution >= 0.6 is 0 Å². The fraction of sp³-hybridized carbons (Fsp3) is 0.364. The predicted molar refractivity (Wildman–Crippen MR) is 108 cm³/mol. The average Bonchev–Trinajstić information content (AvgIpc) is 2.72. The lowest BCUT2D eigenvalue weighted by Gasteiger charge is -2.36. The molecule has 0 aliphatic carbocycles. The molecule has 5 heteroatoms. The van der Waals surface area contributed by atoms with Crippen molar-refractivity contribution in [1.29, 1.82) is 0 Å². The second-order valence-corrected chi connectivity index (χ2v) is 7.30. The molecule has 0 saturated carbocycles. The van der Waals surface area contributed by atoms with E-state index < -0.39 is 0 Å². The van der Waals surface area contributed by atoms with Crippen molar-refractivity contribution in [1.82, 2.24) is 10.2 Å². The Balaban J connectivity index is 1.61. The molecule has 1 fully saturated rings. The number of carbonyl (C=O) groups excluding carboxylic acids is 2. The number of nitrogens with one attached hydrogen (secondary N) is 1. The van der Waals surface area contributed by atoms with Crippen LogP contribution < -0.4 is 10.2 Å². The molecule has 0 bridgehead atoms. The highest BCUT2D eigenvalue weighted by Crippen LogP contribution is 2.17. The van der Waals surface area contributed by atoms with Gasteiger partial charge < -0.3 is 15.1 Å². The monoisotopic (exact) mass is 365 g/mol. The number of benzene rings is 2. The first kappa shape index (κ1) is 19.0. The molecule has 0 atom stereocenters. The quantitative estimate of drug-likeness (QED) is 0.886. The van der Waals surface area contributed by atoms with Gasteiger partial charge >= 0.3 is 0 Å². The van der Waals surface area contributed by atoms with E-state index in [9.17, 15) is 9.59 Å². The fourth-order valence-electron chi connectivity index (χ4n) is 3.18. The highest BCUT2D eigenvalue weighted by atomic mass is 16.2. The zero-order valence-electron chi connectivity index (χ0n) is 16.0. The Hall–Kier alpha value is -2.82. The van der Waals surface area contributed by atoms with Crippen LogP contribution in [0.1, 0.15) is 34.6 Å². The zero-order chi connectivity index (χ0) is 19.2. The largest absolute Gasteiger partial charge is 0.368 e. The maximum absolute atomic E-state index is 12.9. The van der Waals surface area contributed by atoms with Gasteiger partial charge in [0.05, 0.1) is 0 Å². The van der Waals surface area contributed by atoms with Gasteiger partial charge in [-0.25, -0.2) is 0 Å². The Morgan fingerprint density at radius 1 is 0.926 bits per heavy atom. The van der Waals surface area contributed by atoms with Gasteiger partial charge in [-0.3, -0.25) is 9.59 Å². The summed E-state index contributed by atoms with van der Waals surface area (Å²) in [7, 11) is 0. The normalized spacial score (nSPS) is 14.3. The Bertz CT molecular complexity index is 781. The topological polar surface area (TPSA) is 52.7 Å². The van der Waals surface area contributed by atoms with Crippen LogP contribution in [0.15, 0.2) is 54.6 Å². The van der Waals surface area contributed by atoms with Crippen molar-refractivity contribution in [2.45, 2.75) is 13.8 Å². The summed E-state index contributed by atoms with van der Waals surface area (Å²) in [6.45, 7) is 7.70. The standard InChI is InChI=1S/C22H27N3O2/c1-17(2)16-23-21(26)18-7-6-8-19(15-18)22(27)25-13-11-24(12-14-25)20-9-4-3-5-10-20/h3-10,15,17H,11-14,16H2,1-2H3,(H,23,26). The van der Waals surface area contributed by atoms with Crippen molar-refractivity contribution in [3.63, 3.8) is 0 Å².